The Morgan fingerprint density at radius 1 is 0.864 bits per heavy atom. The number of nitrogens with zero attached hydrogens (tertiary/aromatic N) is 1. The zero-order valence-corrected chi connectivity index (χ0v) is 24.2. The molecule has 0 saturated carbocycles. The van der Waals surface area contributed by atoms with E-state index in [9.17, 15) is 34.4 Å². The standard InChI is InChI=1S/C31H23ClN4O7S/c32-25-14-13-22(17-24(25)31(40)41)33-28(37)18-44-23-11-6-10-21(16-23)34-30(39)26(35-29(38)19-7-2-1-3-8-19)15-20-9-4-5-12-27(20)36(42)43/h1-17H,18H2,(H,33,37)(H,34,39)(H,35,38)(H,40,41)/b26-15+. The number of rotatable bonds is 11. The van der Waals surface area contributed by atoms with Gasteiger partial charge in [-0.1, -0.05) is 48.0 Å². The molecular formula is C31H23ClN4O7S. The molecule has 4 rings (SSSR count). The molecule has 222 valence electrons. The van der Waals surface area contributed by atoms with Gasteiger partial charge in [0.15, 0.2) is 0 Å². The van der Waals surface area contributed by atoms with Crippen LogP contribution in [-0.4, -0.2) is 39.5 Å². The maximum Gasteiger partial charge on any atom is 0.337 e. The minimum Gasteiger partial charge on any atom is -0.478 e. The number of nitro benzene ring substituents is 1. The van der Waals surface area contributed by atoms with Crippen LogP contribution in [0.15, 0.2) is 108 Å². The maximum absolute atomic E-state index is 13.4. The Kier molecular flexibility index (Phi) is 10.5. The third-order valence-electron chi connectivity index (χ3n) is 5.90. The van der Waals surface area contributed by atoms with Crippen LogP contribution in [0, 0.1) is 10.1 Å². The summed E-state index contributed by atoms with van der Waals surface area (Å²) in [5, 5.41) is 28.7. The number of carboxylic acid groups (broad SMARTS) is 1. The lowest BCUT2D eigenvalue weighted by Crippen LogP contribution is -2.30. The molecule has 4 N–H and O–H groups in total. The number of carboxylic acids is 1. The number of carbonyl (C=O) groups is 4. The number of halogens is 1. The number of para-hydroxylation sites is 1. The van der Waals surface area contributed by atoms with Crippen LogP contribution in [0.3, 0.4) is 0 Å². The Morgan fingerprint density at radius 3 is 2.30 bits per heavy atom. The first kappa shape index (κ1) is 31.5. The number of benzene rings is 4. The van der Waals surface area contributed by atoms with Crippen LogP contribution in [-0.2, 0) is 9.59 Å². The lowest BCUT2D eigenvalue weighted by Gasteiger charge is -2.12. The van der Waals surface area contributed by atoms with Gasteiger partial charge in [-0.15, -0.1) is 11.8 Å². The molecule has 0 bridgehead atoms. The number of nitrogens with one attached hydrogen (secondary N) is 3. The summed E-state index contributed by atoms with van der Waals surface area (Å²) in [7, 11) is 0. The molecule has 0 aliphatic rings. The zero-order chi connectivity index (χ0) is 31.6. The van der Waals surface area contributed by atoms with Crippen molar-refractivity contribution in [2.75, 3.05) is 16.4 Å². The number of thioether (sulfide) groups is 1. The summed E-state index contributed by atoms with van der Waals surface area (Å²) in [6.07, 6.45) is 1.23. The van der Waals surface area contributed by atoms with E-state index in [1.54, 1.807) is 60.7 Å². The second-order valence-electron chi connectivity index (χ2n) is 9.01. The monoisotopic (exact) mass is 630 g/mol. The molecule has 4 aromatic carbocycles. The molecule has 0 saturated heterocycles. The van der Waals surface area contributed by atoms with E-state index < -0.39 is 28.6 Å². The summed E-state index contributed by atoms with van der Waals surface area (Å²) in [4.78, 5) is 61.6. The molecule has 3 amide bonds. The smallest absolute Gasteiger partial charge is 0.337 e. The average Bonchev–Trinajstić information content (AvgIpc) is 3.01. The first-order valence-electron chi connectivity index (χ1n) is 12.8. The molecule has 13 heteroatoms. The Hall–Kier alpha value is -5.46. The van der Waals surface area contributed by atoms with E-state index >= 15 is 0 Å². The molecule has 0 aliphatic heterocycles. The Morgan fingerprint density at radius 2 is 1.57 bits per heavy atom. The van der Waals surface area contributed by atoms with E-state index in [4.69, 9.17) is 11.6 Å². The molecule has 0 heterocycles. The van der Waals surface area contributed by atoms with E-state index in [1.165, 1.54) is 42.5 Å². The normalized spacial score (nSPS) is 10.9. The quantitative estimate of drug-likeness (QED) is 0.0668. The molecule has 0 unspecified atom stereocenters. The molecular weight excluding hydrogens is 608 g/mol. The second kappa shape index (κ2) is 14.6. The van der Waals surface area contributed by atoms with E-state index in [-0.39, 0.29) is 44.5 Å². The van der Waals surface area contributed by atoms with Crippen LogP contribution in [0.5, 0.6) is 0 Å². The Bertz CT molecular complexity index is 1780. The van der Waals surface area contributed by atoms with Crippen molar-refractivity contribution in [3.05, 3.63) is 135 Å². The average molecular weight is 631 g/mol. The van der Waals surface area contributed by atoms with Crippen LogP contribution < -0.4 is 16.0 Å². The lowest BCUT2D eigenvalue weighted by atomic mass is 10.1. The number of anilines is 2. The van der Waals surface area contributed by atoms with Crippen molar-refractivity contribution in [1.29, 1.82) is 0 Å². The van der Waals surface area contributed by atoms with Gasteiger partial charge in [-0.3, -0.25) is 24.5 Å². The van der Waals surface area contributed by atoms with Gasteiger partial charge in [-0.05, 0) is 60.7 Å². The lowest BCUT2D eigenvalue weighted by molar-refractivity contribution is -0.385. The highest BCUT2D eigenvalue weighted by Crippen LogP contribution is 2.25. The summed E-state index contributed by atoms with van der Waals surface area (Å²) in [5.41, 5.74) is 0.387. The first-order chi connectivity index (χ1) is 21.1. The fourth-order valence-corrected chi connectivity index (χ4v) is 4.80. The van der Waals surface area contributed by atoms with Crippen LogP contribution in [0.25, 0.3) is 6.08 Å². The van der Waals surface area contributed by atoms with Crippen LogP contribution in [0.2, 0.25) is 5.02 Å². The van der Waals surface area contributed by atoms with Crippen molar-refractivity contribution >= 4 is 70.2 Å². The van der Waals surface area contributed by atoms with E-state index in [2.05, 4.69) is 16.0 Å². The van der Waals surface area contributed by atoms with Gasteiger partial charge in [-0.25, -0.2) is 4.79 Å². The van der Waals surface area contributed by atoms with Gasteiger partial charge in [0.1, 0.15) is 5.70 Å². The summed E-state index contributed by atoms with van der Waals surface area (Å²) in [6.45, 7) is 0. The number of nitro groups is 1. The minimum atomic E-state index is -1.22. The predicted molar refractivity (Wildman–Crippen MR) is 168 cm³/mol. The number of carbonyl (C=O) groups excluding carboxylic acids is 3. The highest BCUT2D eigenvalue weighted by atomic mass is 35.5. The SMILES string of the molecule is O=C(CSc1cccc(NC(=O)/C(=C\c2ccccc2[N+](=O)[O-])NC(=O)c2ccccc2)c1)Nc1ccc(Cl)c(C(=O)O)c1. The molecule has 0 spiro atoms. The van der Waals surface area contributed by atoms with Crippen LogP contribution >= 0.6 is 23.4 Å². The van der Waals surface area contributed by atoms with Crippen molar-refractivity contribution in [3.8, 4) is 0 Å². The fraction of sp³-hybridized carbons (Fsp3) is 0.0323. The van der Waals surface area contributed by atoms with E-state index in [0.717, 1.165) is 11.8 Å². The maximum atomic E-state index is 13.4. The molecule has 11 nitrogen and oxygen atoms in total. The summed E-state index contributed by atoms with van der Waals surface area (Å²) >= 11 is 7.03. The summed E-state index contributed by atoms with van der Waals surface area (Å²) < 4.78 is 0. The van der Waals surface area contributed by atoms with Crippen molar-refractivity contribution < 1.29 is 29.2 Å². The van der Waals surface area contributed by atoms with Gasteiger partial charge in [-0.2, -0.15) is 0 Å². The third-order valence-corrected chi connectivity index (χ3v) is 7.23. The van der Waals surface area contributed by atoms with E-state index in [0.29, 0.717) is 10.6 Å². The molecule has 0 radical (unpaired) electrons. The van der Waals surface area contributed by atoms with Gasteiger partial charge >= 0.3 is 5.97 Å². The largest absolute Gasteiger partial charge is 0.478 e. The van der Waals surface area contributed by atoms with Crippen molar-refractivity contribution in [2.24, 2.45) is 0 Å². The Balaban J connectivity index is 1.48. The van der Waals surface area contributed by atoms with Crippen molar-refractivity contribution in [1.82, 2.24) is 5.32 Å². The molecule has 4 aromatic rings. The topological polar surface area (TPSA) is 168 Å². The van der Waals surface area contributed by atoms with Gasteiger partial charge in [0.05, 0.1) is 26.8 Å². The molecule has 0 atom stereocenters. The summed E-state index contributed by atoms with van der Waals surface area (Å²) in [5.74, 6) is -2.97. The second-order valence-corrected chi connectivity index (χ2v) is 10.5. The third kappa shape index (κ3) is 8.53. The van der Waals surface area contributed by atoms with Crippen molar-refractivity contribution in [2.45, 2.75) is 4.90 Å². The minimum absolute atomic E-state index is 0.0294. The number of aromatic carboxylic acids is 1. The molecule has 0 aromatic heterocycles. The number of hydrogen-bond donors (Lipinski definition) is 4. The number of amides is 3. The van der Waals surface area contributed by atoms with Gasteiger partial charge in [0, 0.05) is 27.9 Å². The molecule has 0 fully saturated rings. The van der Waals surface area contributed by atoms with Crippen LogP contribution in [0.4, 0.5) is 17.1 Å². The Labute approximate surface area is 260 Å². The highest BCUT2D eigenvalue weighted by molar-refractivity contribution is 8.00. The van der Waals surface area contributed by atoms with Crippen molar-refractivity contribution in [3.63, 3.8) is 0 Å². The molecule has 44 heavy (non-hydrogen) atoms. The highest BCUT2D eigenvalue weighted by Gasteiger charge is 2.19. The predicted octanol–water partition coefficient (Wildman–Crippen LogP) is 6.09. The van der Waals surface area contributed by atoms with Gasteiger partial charge in [0.25, 0.3) is 17.5 Å². The zero-order valence-electron chi connectivity index (χ0n) is 22.7. The fourth-order valence-electron chi connectivity index (χ4n) is 3.85. The number of hydrogen-bond acceptors (Lipinski definition) is 7. The summed E-state index contributed by atoms with van der Waals surface area (Å²) in [6, 6.07) is 24.7. The van der Waals surface area contributed by atoms with Crippen LogP contribution in [0.1, 0.15) is 26.3 Å². The van der Waals surface area contributed by atoms with Gasteiger partial charge < -0.3 is 21.1 Å². The molecule has 0 aliphatic carbocycles. The van der Waals surface area contributed by atoms with E-state index in [1.807, 2.05) is 0 Å². The first-order valence-corrected chi connectivity index (χ1v) is 14.2. The van der Waals surface area contributed by atoms with Gasteiger partial charge in [0.2, 0.25) is 5.91 Å².